The Hall–Kier alpha value is -3.14. The van der Waals surface area contributed by atoms with Gasteiger partial charge >= 0.3 is 6.18 Å². The molecule has 0 atom stereocenters. The number of nitrogens with zero attached hydrogens (tertiary/aromatic N) is 2. The third-order valence-corrected chi connectivity index (χ3v) is 5.72. The van der Waals surface area contributed by atoms with Gasteiger partial charge in [-0.05, 0) is 50.1 Å². The minimum Gasteiger partial charge on any atom is -0.322 e. The molecule has 2 aromatic heterocycles. The van der Waals surface area contributed by atoms with Crippen LogP contribution in [0, 0.1) is 6.92 Å². The van der Waals surface area contributed by atoms with Crippen LogP contribution in [0.15, 0.2) is 36.5 Å². The number of nitrogens with one attached hydrogen (secondary N) is 2. The molecule has 2 amide bonds. The van der Waals surface area contributed by atoms with Crippen LogP contribution >= 0.6 is 11.3 Å². The first-order valence-electron chi connectivity index (χ1n) is 9.59. The summed E-state index contributed by atoms with van der Waals surface area (Å²) in [5.41, 5.74) is 0.331. The molecule has 2 heterocycles. The Morgan fingerprint density at radius 1 is 1.13 bits per heavy atom. The van der Waals surface area contributed by atoms with Crippen LogP contribution in [0.4, 0.5) is 23.9 Å². The number of alkyl halides is 3. The lowest BCUT2D eigenvalue weighted by molar-refractivity contribution is -0.137. The lowest BCUT2D eigenvalue weighted by Gasteiger charge is -2.11. The molecule has 0 saturated carbocycles. The molecule has 0 unspecified atom stereocenters. The standard InChI is InChI=1S/C21H21F3N4O2S/c1-4-15-12(3)31-20(26-18(29)16-9-10-28(5-2)27-16)17(15)19(30)25-14-8-6-7-13(11-14)21(22,23)24/h6-11H,4-5H2,1-3H3,(H,25,30)(H,26,29). The predicted molar refractivity (Wildman–Crippen MR) is 114 cm³/mol. The Labute approximate surface area is 181 Å². The van der Waals surface area contributed by atoms with Gasteiger partial charge in [0.1, 0.15) is 5.00 Å². The van der Waals surface area contributed by atoms with E-state index < -0.39 is 23.6 Å². The highest BCUT2D eigenvalue weighted by molar-refractivity contribution is 7.16. The van der Waals surface area contributed by atoms with E-state index in [-0.39, 0.29) is 16.9 Å². The molecule has 0 spiro atoms. The second-order valence-electron chi connectivity index (χ2n) is 6.74. The van der Waals surface area contributed by atoms with Crippen molar-refractivity contribution in [3.05, 3.63) is 63.8 Å². The Kier molecular flexibility index (Phi) is 6.49. The molecule has 6 nitrogen and oxygen atoms in total. The average Bonchev–Trinajstić information content (AvgIpc) is 3.31. The van der Waals surface area contributed by atoms with Crippen molar-refractivity contribution >= 4 is 33.8 Å². The zero-order valence-corrected chi connectivity index (χ0v) is 17.9. The van der Waals surface area contributed by atoms with Crippen LogP contribution in [0.5, 0.6) is 0 Å². The number of halogens is 3. The molecule has 0 aliphatic rings. The minimum absolute atomic E-state index is 0.0182. The number of amides is 2. The van der Waals surface area contributed by atoms with Crippen LogP contribution in [0.25, 0.3) is 0 Å². The van der Waals surface area contributed by atoms with Crippen molar-refractivity contribution < 1.29 is 22.8 Å². The van der Waals surface area contributed by atoms with E-state index in [1.54, 1.807) is 16.9 Å². The molecule has 0 fully saturated rings. The summed E-state index contributed by atoms with van der Waals surface area (Å²) < 4.78 is 40.5. The highest BCUT2D eigenvalue weighted by Gasteiger charge is 2.31. The van der Waals surface area contributed by atoms with E-state index in [1.807, 2.05) is 20.8 Å². The summed E-state index contributed by atoms with van der Waals surface area (Å²) in [6.45, 7) is 6.19. The molecule has 0 bridgehead atoms. The van der Waals surface area contributed by atoms with Crippen molar-refractivity contribution in [2.75, 3.05) is 10.6 Å². The highest BCUT2D eigenvalue weighted by Crippen LogP contribution is 2.35. The molecule has 0 radical (unpaired) electrons. The second kappa shape index (κ2) is 8.93. The van der Waals surface area contributed by atoms with Crippen LogP contribution < -0.4 is 10.6 Å². The van der Waals surface area contributed by atoms with Crippen LogP contribution in [0.2, 0.25) is 0 Å². The first-order valence-corrected chi connectivity index (χ1v) is 10.4. The maximum Gasteiger partial charge on any atom is 0.416 e. The van der Waals surface area contributed by atoms with E-state index in [2.05, 4.69) is 15.7 Å². The molecule has 10 heteroatoms. The van der Waals surface area contributed by atoms with E-state index >= 15 is 0 Å². The molecule has 2 N–H and O–H groups in total. The molecule has 3 rings (SSSR count). The van der Waals surface area contributed by atoms with Gasteiger partial charge < -0.3 is 10.6 Å². The van der Waals surface area contributed by atoms with Crippen molar-refractivity contribution in [1.82, 2.24) is 9.78 Å². The number of hydrogen-bond donors (Lipinski definition) is 2. The monoisotopic (exact) mass is 450 g/mol. The quantitative estimate of drug-likeness (QED) is 0.531. The maximum atomic E-state index is 13.0. The number of carbonyl (C=O) groups is 2. The first kappa shape index (κ1) is 22.5. The van der Waals surface area contributed by atoms with Gasteiger partial charge in [-0.2, -0.15) is 18.3 Å². The Balaban J connectivity index is 1.89. The molecule has 164 valence electrons. The van der Waals surface area contributed by atoms with Gasteiger partial charge in [-0.1, -0.05) is 13.0 Å². The van der Waals surface area contributed by atoms with Crippen LogP contribution in [-0.2, 0) is 19.1 Å². The van der Waals surface area contributed by atoms with Crippen LogP contribution in [0.1, 0.15) is 50.7 Å². The smallest absolute Gasteiger partial charge is 0.322 e. The number of aromatic nitrogens is 2. The van der Waals surface area contributed by atoms with Crippen molar-refractivity contribution in [1.29, 1.82) is 0 Å². The molecule has 1 aromatic carbocycles. The Bertz CT molecular complexity index is 1120. The summed E-state index contributed by atoms with van der Waals surface area (Å²) in [5.74, 6) is -1.06. The molecule has 31 heavy (non-hydrogen) atoms. The lowest BCUT2D eigenvalue weighted by atomic mass is 10.1. The summed E-state index contributed by atoms with van der Waals surface area (Å²) in [4.78, 5) is 26.4. The van der Waals surface area contributed by atoms with E-state index in [1.165, 1.54) is 23.5 Å². The summed E-state index contributed by atoms with van der Waals surface area (Å²) in [6, 6.07) is 5.99. The Morgan fingerprint density at radius 2 is 1.87 bits per heavy atom. The maximum absolute atomic E-state index is 13.0. The Morgan fingerprint density at radius 3 is 2.48 bits per heavy atom. The fraction of sp³-hybridized carbons (Fsp3) is 0.286. The van der Waals surface area contributed by atoms with Crippen LogP contribution in [0.3, 0.4) is 0 Å². The van der Waals surface area contributed by atoms with Crippen molar-refractivity contribution in [2.24, 2.45) is 0 Å². The number of anilines is 2. The molecule has 0 saturated heterocycles. The number of rotatable bonds is 6. The molecule has 0 aliphatic carbocycles. The van der Waals surface area contributed by atoms with Gasteiger partial charge in [-0.25, -0.2) is 0 Å². The predicted octanol–water partition coefficient (Wildman–Crippen LogP) is 5.36. The summed E-state index contributed by atoms with van der Waals surface area (Å²) >= 11 is 1.24. The number of hydrogen-bond acceptors (Lipinski definition) is 4. The largest absolute Gasteiger partial charge is 0.416 e. The van der Waals surface area contributed by atoms with E-state index in [4.69, 9.17) is 0 Å². The van der Waals surface area contributed by atoms with Gasteiger partial charge in [0, 0.05) is 23.3 Å². The van der Waals surface area contributed by atoms with Crippen molar-refractivity contribution in [3.8, 4) is 0 Å². The number of carbonyl (C=O) groups excluding carboxylic acids is 2. The van der Waals surface area contributed by atoms with Crippen LogP contribution in [-0.4, -0.2) is 21.6 Å². The third kappa shape index (κ3) is 4.96. The average molecular weight is 450 g/mol. The fourth-order valence-electron chi connectivity index (χ4n) is 3.13. The number of aryl methyl sites for hydroxylation is 2. The number of thiophene rings is 1. The number of benzene rings is 1. The van der Waals surface area contributed by atoms with Crippen molar-refractivity contribution in [2.45, 2.75) is 39.9 Å². The SMILES string of the molecule is CCc1c(C)sc(NC(=O)c2ccn(CC)n2)c1C(=O)Nc1cccc(C(F)(F)F)c1. The van der Waals surface area contributed by atoms with Gasteiger partial charge in [0.05, 0.1) is 11.1 Å². The van der Waals surface area contributed by atoms with Gasteiger partial charge in [-0.15, -0.1) is 11.3 Å². The van der Waals surface area contributed by atoms with Crippen molar-refractivity contribution in [3.63, 3.8) is 0 Å². The van der Waals surface area contributed by atoms with E-state index in [0.29, 0.717) is 18.0 Å². The highest BCUT2D eigenvalue weighted by atomic mass is 32.1. The summed E-state index contributed by atoms with van der Waals surface area (Å²) in [5, 5.41) is 9.73. The van der Waals surface area contributed by atoms with Gasteiger partial charge in [0.2, 0.25) is 0 Å². The topological polar surface area (TPSA) is 76.0 Å². The molecular formula is C21H21F3N4O2S. The zero-order valence-electron chi connectivity index (χ0n) is 17.1. The zero-order chi connectivity index (χ0) is 22.8. The van der Waals surface area contributed by atoms with E-state index in [9.17, 15) is 22.8 Å². The minimum atomic E-state index is -4.52. The lowest BCUT2D eigenvalue weighted by Crippen LogP contribution is -2.19. The van der Waals surface area contributed by atoms with Gasteiger partial charge in [0.25, 0.3) is 11.8 Å². The molecule has 3 aromatic rings. The molecule has 0 aliphatic heterocycles. The summed E-state index contributed by atoms with van der Waals surface area (Å²) in [6.07, 6.45) is -2.32. The first-order chi connectivity index (χ1) is 14.6. The van der Waals surface area contributed by atoms with Gasteiger partial charge in [0.15, 0.2) is 5.69 Å². The summed E-state index contributed by atoms with van der Waals surface area (Å²) in [7, 11) is 0. The van der Waals surface area contributed by atoms with Gasteiger partial charge in [-0.3, -0.25) is 14.3 Å². The normalized spacial score (nSPS) is 11.4. The second-order valence-corrected chi connectivity index (χ2v) is 7.96. The molecular weight excluding hydrogens is 429 g/mol. The third-order valence-electron chi connectivity index (χ3n) is 4.66. The fourth-order valence-corrected chi connectivity index (χ4v) is 4.26. The van der Waals surface area contributed by atoms with E-state index in [0.717, 1.165) is 22.6 Å².